The predicted octanol–water partition coefficient (Wildman–Crippen LogP) is 4.13. The summed E-state index contributed by atoms with van der Waals surface area (Å²) in [6.45, 7) is 6.63. The summed E-state index contributed by atoms with van der Waals surface area (Å²) in [5.74, 6) is 0.247. The van der Waals surface area contributed by atoms with Crippen molar-refractivity contribution in [3.63, 3.8) is 0 Å². The molecule has 0 N–H and O–H groups in total. The number of benzene rings is 1. The molecule has 0 bridgehead atoms. The molecule has 2 rings (SSSR count). The van der Waals surface area contributed by atoms with E-state index in [1.807, 2.05) is 24.3 Å². The van der Waals surface area contributed by atoms with Crippen molar-refractivity contribution >= 4 is 6.29 Å². The van der Waals surface area contributed by atoms with Crippen molar-refractivity contribution in [2.75, 3.05) is 0 Å². The molecule has 1 aromatic rings. The molecule has 1 nitrogen and oxygen atoms in total. The molecule has 0 saturated carbocycles. The van der Waals surface area contributed by atoms with Crippen LogP contribution in [0.4, 0.5) is 0 Å². The first kappa shape index (κ1) is 11.8. The Balaban J connectivity index is 2.44. The van der Waals surface area contributed by atoms with E-state index in [2.05, 4.69) is 39.0 Å². The molecule has 1 unspecified atom stereocenters. The lowest BCUT2D eigenvalue weighted by atomic mass is 9.77. The van der Waals surface area contributed by atoms with Crippen molar-refractivity contribution in [1.29, 1.82) is 0 Å². The molecule has 1 aliphatic rings. The van der Waals surface area contributed by atoms with Crippen LogP contribution in [0.25, 0.3) is 0 Å². The number of allylic oxidation sites excluding steroid dienone is 4. The highest BCUT2D eigenvalue weighted by atomic mass is 16.1. The Morgan fingerprint density at radius 3 is 2.53 bits per heavy atom. The minimum absolute atomic E-state index is 0.129. The average Bonchev–Trinajstić information content (AvgIpc) is 2.77. The average molecular weight is 226 g/mol. The Bertz CT molecular complexity index is 486. The number of hydrogen-bond donors (Lipinski definition) is 0. The van der Waals surface area contributed by atoms with E-state index in [-0.39, 0.29) is 11.3 Å². The van der Waals surface area contributed by atoms with Crippen LogP contribution in [0, 0.1) is 5.41 Å². The number of aldehydes is 1. The van der Waals surface area contributed by atoms with Crippen LogP contribution in [0.3, 0.4) is 0 Å². The summed E-state index contributed by atoms with van der Waals surface area (Å²) in [5.41, 5.74) is 3.40. The lowest BCUT2D eigenvalue weighted by molar-refractivity contribution is 0.112. The largest absolute Gasteiger partial charge is 0.298 e. The minimum Gasteiger partial charge on any atom is -0.298 e. The smallest absolute Gasteiger partial charge is 0.150 e. The van der Waals surface area contributed by atoms with Crippen LogP contribution in [0.15, 0.2) is 48.1 Å². The third-order valence-corrected chi connectivity index (χ3v) is 3.24. The first-order valence-electron chi connectivity index (χ1n) is 5.97. The van der Waals surface area contributed by atoms with Gasteiger partial charge in [0.2, 0.25) is 0 Å². The molecule has 1 aromatic carbocycles. The Kier molecular flexibility index (Phi) is 3.01. The van der Waals surface area contributed by atoms with E-state index in [4.69, 9.17) is 0 Å². The van der Waals surface area contributed by atoms with Crippen LogP contribution in [-0.2, 0) is 0 Å². The molecule has 88 valence electrons. The Morgan fingerprint density at radius 1 is 1.18 bits per heavy atom. The van der Waals surface area contributed by atoms with E-state index in [1.165, 1.54) is 5.57 Å². The highest BCUT2D eigenvalue weighted by Gasteiger charge is 2.27. The number of carbonyl (C=O) groups is 1. The van der Waals surface area contributed by atoms with Crippen molar-refractivity contribution in [2.24, 2.45) is 5.41 Å². The molecule has 1 atom stereocenters. The van der Waals surface area contributed by atoms with Gasteiger partial charge < -0.3 is 0 Å². The van der Waals surface area contributed by atoms with Gasteiger partial charge in [0.05, 0.1) is 0 Å². The maximum atomic E-state index is 11.1. The third-order valence-electron chi connectivity index (χ3n) is 3.24. The standard InChI is InChI=1S/C16H18O/c1-16(2,3)15-10-6-9-14(15)13-8-5-4-7-12(13)11-17/h4-11,14H,1-3H3. The highest BCUT2D eigenvalue weighted by Crippen LogP contribution is 2.41. The maximum absolute atomic E-state index is 11.1. The van der Waals surface area contributed by atoms with Gasteiger partial charge in [0, 0.05) is 11.5 Å². The van der Waals surface area contributed by atoms with E-state index < -0.39 is 0 Å². The molecule has 1 heteroatoms. The topological polar surface area (TPSA) is 17.1 Å². The second kappa shape index (κ2) is 4.33. The molecule has 0 spiro atoms. The fourth-order valence-electron chi connectivity index (χ4n) is 2.37. The Hall–Kier alpha value is -1.63. The summed E-state index contributed by atoms with van der Waals surface area (Å²) in [5, 5.41) is 0. The normalized spacial score (nSPS) is 19.2. The molecule has 0 radical (unpaired) electrons. The van der Waals surface area contributed by atoms with Gasteiger partial charge in [0.25, 0.3) is 0 Å². The zero-order valence-corrected chi connectivity index (χ0v) is 10.6. The molecule has 1 aliphatic carbocycles. The first-order valence-corrected chi connectivity index (χ1v) is 5.97. The van der Waals surface area contributed by atoms with Gasteiger partial charge in [-0.15, -0.1) is 0 Å². The van der Waals surface area contributed by atoms with Crippen LogP contribution in [0.1, 0.15) is 42.6 Å². The van der Waals surface area contributed by atoms with Crippen LogP contribution in [-0.4, -0.2) is 6.29 Å². The predicted molar refractivity (Wildman–Crippen MR) is 71.2 cm³/mol. The molecule has 0 saturated heterocycles. The summed E-state index contributed by atoms with van der Waals surface area (Å²) in [6, 6.07) is 7.83. The van der Waals surface area contributed by atoms with Gasteiger partial charge in [0.15, 0.2) is 0 Å². The third kappa shape index (κ3) is 2.23. The van der Waals surface area contributed by atoms with E-state index in [1.54, 1.807) is 0 Å². The summed E-state index contributed by atoms with van der Waals surface area (Å²) in [6.07, 6.45) is 7.38. The fourth-order valence-corrected chi connectivity index (χ4v) is 2.37. The van der Waals surface area contributed by atoms with Gasteiger partial charge in [-0.05, 0) is 11.0 Å². The first-order chi connectivity index (χ1) is 8.04. The summed E-state index contributed by atoms with van der Waals surface area (Å²) in [7, 11) is 0. The Morgan fingerprint density at radius 2 is 1.88 bits per heavy atom. The monoisotopic (exact) mass is 226 g/mol. The van der Waals surface area contributed by atoms with Gasteiger partial charge in [0.1, 0.15) is 6.29 Å². The highest BCUT2D eigenvalue weighted by molar-refractivity contribution is 5.78. The van der Waals surface area contributed by atoms with Crippen LogP contribution >= 0.6 is 0 Å². The van der Waals surface area contributed by atoms with Crippen molar-refractivity contribution in [3.8, 4) is 0 Å². The molecule has 0 amide bonds. The molecule has 0 heterocycles. The van der Waals surface area contributed by atoms with Crippen molar-refractivity contribution in [3.05, 3.63) is 59.2 Å². The van der Waals surface area contributed by atoms with Gasteiger partial charge >= 0.3 is 0 Å². The number of rotatable bonds is 2. The minimum atomic E-state index is 0.129. The van der Waals surface area contributed by atoms with Crippen molar-refractivity contribution < 1.29 is 4.79 Å². The summed E-state index contributed by atoms with van der Waals surface area (Å²) >= 11 is 0. The van der Waals surface area contributed by atoms with E-state index >= 15 is 0 Å². The van der Waals surface area contributed by atoms with Gasteiger partial charge in [-0.2, -0.15) is 0 Å². The Labute approximate surface area is 103 Å². The van der Waals surface area contributed by atoms with E-state index in [0.29, 0.717) is 0 Å². The molecule has 0 fully saturated rings. The van der Waals surface area contributed by atoms with Crippen LogP contribution < -0.4 is 0 Å². The van der Waals surface area contributed by atoms with Crippen LogP contribution in [0.5, 0.6) is 0 Å². The summed E-state index contributed by atoms with van der Waals surface area (Å²) in [4.78, 5) is 11.1. The molecule has 17 heavy (non-hydrogen) atoms. The van der Waals surface area contributed by atoms with E-state index in [0.717, 1.165) is 17.4 Å². The maximum Gasteiger partial charge on any atom is 0.150 e. The molecular formula is C16H18O. The lowest BCUT2D eigenvalue weighted by Crippen LogP contribution is -2.14. The number of carbonyl (C=O) groups excluding carboxylic acids is 1. The SMILES string of the molecule is CC(C)(C)C1=CC=CC1c1ccccc1C=O. The molecular weight excluding hydrogens is 208 g/mol. The van der Waals surface area contributed by atoms with Gasteiger partial charge in [-0.3, -0.25) is 4.79 Å². The number of hydrogen-bond acceptors (Lipinski definition) is 1. The van der Waals surface area contributed by atoms with Gasteiger partial charge in [-0.25, -0.2) is 0 Å². The van der Waals surface area contributed by atoms with Crippen molar-refractivity contribution in [1.82, 2.24) is 0 Å². The molecule has 0 aromatic heterocycles. The van der Waals surface area contributed by atoms with Gasteiger partial charge in [-0.1, -0.05) is 68.8 Å². The quantitative estimate of drug-likeness (QED) is 0.693. The second-order valence-corrected chi connectivity index (χ2v) is 5.48. The zero-order valence-electron chi connectivity index (χ0n) is 10.6. The van der Waals surface area contributed by atoms with Crippen molar-refractivity contribution in [2.45, 2.75) is 26.7 Å². The second-order valence-electron chi connectivity index (χ2n) is 5.48. The summed E-state index contributed by atoms with van der Waals surface area (Å²) < 4.78 is 0. The van der Waals surface area contributed by atoms with E-state index in [9.17, 15) is 4.79 Å². The van der Waals surface area contributed by atoms with Crippen LogP contribution in [0.2, 0.25) is 0 Å². The lowest BCUT2D eigenvalue weighted by Gasteiger charge is -2.27. The fraction of sp³-hybridized carbons (Fsp3) is 0.312. The zero-order chi connectivity index (χ0) is 12.5. The molecule has 0 aliphatic heterocycles.